The van der Waals surface area contributed by atoms with Crippen LogP contribution in [0.5, 0.6) is 0 Å². The molecule has 2 saturated heterocycles. The first-order valence-electron chi connectivity index (χ1n) is 8.37. The van der Waals surface area contributed by atoms with E-state index in [2.05, 4.69) is 44.4 Å². The lowest BCUT2D eigenvalue weighted by Gasteiger charge is -2.45. The first-order chi connectivity index (χ1) is 8.88. The highest BCUT2D eigenvalue weighted by Crippen LogP contribution is 2.29. The first-order valence-corrected chi connectivity index (χ1v) is 8.37. The van der Waals surface area contributed by atoms with E-state index < -0.39 is 0 Å². The smallest absolute Gasteiger partial charge is 0.0125 e. The number of rotatable bonds is 2. The van der Waals surface area contributed by atoms with Gasteiger partial charge in [-0.25, -0.2) is 0 Å². The average Bonchev–Trinajstić information content (AvgIpc) is 2.38. The van der Waals surface area contributed by atoms with Gasteiger partial charge in [0.2, 0.25) is 0 Å². The van der Waals surface area contributed by atoms with Crippen LogP contribution in [0.15, 0.2) is 0 Å². The quantitative estimate of drug-likeness (QED) is 0.753. The molecule has 112 valence electrons. The summed E-state index contributed by atoms with van der Waals surface area (Å²) < 4.78 is 0. The van der Waals surface area contributed by atoms with E-state index in [4.69, 9.17) is 0 Å². The molecular formula is C17H34N2. The summed E-state index contributed by atoms with van der Waals surface area (Å²) in [5.41, 5.74) is 0.357. The maximum Gasteiger partial charge on any atom is 0.0125 e. The Labute approximate surface area is 120 Å². The molecule has 2 aliphatic rings. The fourth-order valence-electron chi connectivity index (χ4n) is 3.85. The molecule has 0 aromatic rings. The van der Waals surface area contributed by atoms with Gasteiger partial charge in [0.1, 0.15) is 0 Å². The maximum atomic E-state index is 2.79. The molecular weight excluding hydrogens is 232 g/mol. The minimum atomic E-state index is 0.357. The van der Waals surface area contributed by atoms with Crippen LogP contribution >= 0.6 is 0 Å². The fraction of sp³-hybridized carbons (Fsp3) is 1.00. The van der Waals surface area contributed by atoms with Crippen LogP contribution < -0.4 is 0 Å². The monoisotopic (exact) mass is 266 g/mol. The zero-order valence-corrected chi connectivity index (χ0v) is 13.8. The van der Waals surface area contributed by atoms with Crippen molar-refractivity contribution in [1.29, 1.82) is 0 Å². The number of hydrogen-bond acceptors (Lipinski definition) is 2. The van der Waals surface area contributed by atoms with E-state index in [1.807, 2.05) is 0 Å². The van der Waals surface area contributed by atoms with Crippen molar-refractivity contribution in [1.82, 2.24) is 9.80 Å². The van der Waals surface area contributed by atoms with Gasteiger partial charge in [-0.05, 0) is 71.4 Å². The molecule has 0 atom stereocenters. The van der Waals surface area contributed by atoms with Gasteiger partial charge in [-0.15, -0.1) is 0 Å². The standard InChI is InChI=1S/C17H34N2/c1-14(2)15-6-10-18(11-7-15)16-8-12-19(13-9-16)17(3,4)5/h14-16H,6-13H2,1-5H3. The zero-order chi connectivity index (χ0) is 14.0. The third kappa shape index (κ3) is 3.95. The van der Waals surface area contributed by atoms with Crippen molar-refractivity contribution in [3.8, 4) is 0 Å². The Kier molecular flexibility index (Phi) is 4.94. The van der Waals surface area contributed by atoms with Gasteiger partial charge in [0.05, 0.1) is 0 Å². The van der Waals surface area contributed by atoms with E-state index in [0.717, 1.165) is 17.9 Å². The van der Waals surface area contributed by atoms with E-state index in [1.165, 1.54) is 51.9 Å². The highest BCUT2D eigenvalue weighted by Gasteiger charge is 2.31. The third-order valence-electron chi connectivity index (χ3n) is 5.45. The van der Waals surface area contributed by atoms with Crippen LogP contribution in [0.3, 0.4) is 0 Å². The normalized spacial score (nSPS) is 26.2. The fourth-order valence-corrected chi connectivity index (χ4v) is 3.85. The zero-order valence-electron chi connectivity index (χ0n) is 13.8. The van der Waals surface area contributed by atoms with Gasteiger partial charge in [-0.1, -0.05) is 13.8 Å². The summed E-state index contributed by atoms with van der Waals surface area (Å²) in [6, 6.07) is 0.867. The summed E-state index contributed by atoms with van der Waals surface area (Å²) in [7, 11) is 0. The molecule has 2 fully saturated rings. The van der Waals surface area contributed by atoms with Crippen molar-refractivity contribution < 1.29 is 0 Å². The molecule has 0 N–H and O–H groups in total. The summed E-state index contributed by atoms with van der Waals surface area (Å²) in [4.78, 5) is 5.45. The van der Waals surface area contributed by atoms with Crippen molar-refractivity contribution in [2.24, 2.45) is 11.8 Å². The lowest BCUT2D eigenvalue weighted by molar-refractivity contribution is 0.0375. The predicted molar refractivity (Wildman–Crippen MR) is 83.5 cm³/mol. The Morgan fingerprint density at radius 2 is 1.37 bits per heavy atom. The van der Waals surface area contributed by atoms with Crippen LogP contribution in [0, 0.1) is 11.8 Å². The molecule has 0 bridgehead atoms. The van der Waals surface area contributed by atoms with Crippen LogP contribution in [-0.4, -0.2) is 47.6 Å². The van der Waals surface area contributed by atoms with Gasteiger partial charge in [0, 0.05) is 24.7 Å². The second-order valence-corrected chi connectivity index (χ2v) is 8.01. The van der Waals surface area contributed by atoms with Crippen molar-refractivity contribution >= 4 is 0 Å². The summed E-state index contributed by atoms with van der Waals surface area (Å²) >= 11 is 0. The summed E-state index contributed by atoms with van der Waals surface area (Å²) in [6.45, 7) is 17.1. The van der Waals surface area contributed by atoms with Crippen molar-refractivity contribution in [2.75, 3.05) is 26.2 Å². The molecule has 0 unspecified atom stereocenters. The molecule has 2 aliphatic heterocycles. The Hall–Kier alpha value is -0.0800. The average molecular weight is 266 g/mol. The maximum absolute atomic E-state index is 2.79. The van der Waals surface area contributed by atoms with Crippen molar-refractivity contribution in [3.63, 3.8) is 0 Å². The Morgan fingerprint density at radius 1 is 0.842 bits per heavy atom. The highest BCUT2D eigenvalue weighted by molar-refractivity contribution is 4.87. The van der Waals surface area contributed by atoms with E-state index in [9.17, 15) is 0 Å². The molecule has 19 heavy (non-hydrogen) atoms. The van der Waals surface area contributed by atoms with Crippen molar-refractivity contribution in [2.45, 2.75) is 71.9 Å². The van der Waals surface area contributed by atoms with Crippen LogP contribution in [-0.2, 0) is 0 Å². The largest absolute Gasteiger partial charge is 0.300 e. The topological polar surface area (TPSA) is 6.48 Å². The second kappa shape index (κ2) is 6.13. The summed E-state index contributed by atoms with van der Waals surface area (Å²) in [5.74, 6) is 1.86. The molecule has 0 radical (unpaired) electrons. The van der Waals surface area contributed by atoms with Gasteiger partial charge in [-0.2, -0.15) is 0 Å². The van der Waals surface area contributed by atoms with Crippen LogP contribution in [0.25, 0.3) is 0 Å². The number of nitrogens with zero attached hydrogens (tertiary/aromatic N) is 2. The Balaban J connectivity index is 1.77. The third-order valence-corrected chi connectivity index (χ3v) is 5.45. The molecule has 0 saturated carbocycles. The van der Waals surface area contributed by atoms with Crippen LogP contribution in [0.2, 0.25) is 0 Å². The van der Waals surface area contributed by atoms with E-state index in [1.54, 1.807) is 0 Å². The van der Waals surface area contributed by atoms with Gasteiger partial charge in [0.25, 0.3) is 0 Å². The minimum Gasteiger partial charge on any atom is -0.300 e. The van der Waals surface area contributed by atoms with Gasteiger partial charge in [-0.3, -0.25) is 4.90 Å². The Morgan fingerprint density at radius 3 is 1.79 bits per heavy atom. The van der Waals surface area contributed by atoms with Crippen LogP contribution in [0.4, 0.5) is 0 Å². The second-order valence-electron chi connectivity index (χ2n) is 8.01. The highest BCUT2D eigenvalue weighted by atomic mass is 15.2. The number of piperidine rings is 2. The SMILES string of the molecule is CC(C)C1CCN(C2CCN(C(C)(C)C)CC2)CC1. The molecule has 0 aromatic heterocycles. The molecule has 0 aromatic carbocycles. The van der Waals surface area contributed by atoms with Gasteiger partial charge in [0.15, 0.2) is 0 Å². The lowest BCUT2D eigenvalue weighted by atomic mass is 9.85. The Bertz CT molecular complexity index is 263. The number of hydrogen-bond donors (Lipinski definition) is 0. The molecule has 0 amide bonds. The molecule has 2 nitrogen and oxygen atoms in total. The van der Waals surface area contributed by atoms with Gasteiger partial charge < -0.3 is 4.90 Å². The molecule has 0 spiro atoms. The van der Waals surface area contributed by atoms with E-state index >= 15 is 0 Å². The molecule has 2 heterocycles. The van der Waals surface area contributed by atoms with E-state index in [0.29, 0.717) is 5.54 Å². The molecule has 2 rings (SSSR count). The predicted octanol–water partition coefficient (Wildman–Crippen LogP) is 3.62. The van der Waals surface area contributed by atoms with E-state index in [-0.39, 0.29) is 0 Å². The summed E-state index contributed by atoms with van der Waals surface area (Å²) in [6.07, 6.45) is 5.61. The van der Waals surface area contributed by atoms with Gasteiger partial charge >= 0.3 is 0 Å². The first kappa shape index (κ1) is 15.3. The van der Waals surface area contributed by atoms with Crippen LogP contribution in [0.1, 0.15) is 60.3 Å². The number of likely N-dealkylation sites (tertiary alicyclic amines) is 2. The molecule has 0 aliphatic carbocycles. The molecule has 2 heteroatoms. The lowest BCUT2D eigenvalue weighted by Crippen LogP contribution is -2.52. The van der Waals surface area contributed by atoms with Crippen molar-refractivity contribution in [3.05, 3.63) is 0 Å². The minimum absolute atomic E-state index is 0.357. The summed E-state index contributed by atoms with van der Waals surface area (Å²) in [5, 5.41) is 0.